The third-order valence-electron chi connectivity index (χ3n) is 7.49. The van der Waals surface area contributed by atoms with E-state index in [1.165, 1.54) is 0 Å². The smallest absolute Gasteiger partial charge is 0.226 e. The van der Waals surface area contributed by atoms with Crippen LogP contribution < -0.4 is 20.3 Å². The molecule has 7 nitrogen and oxygen atoms in total. The van der Waals surface area contributed by atoms with Gasteiger partial charge in [-0.15, -0.1) is 0 Å². The molecule has 0 spiro atoms. The number of hydrogen-bond donors (Lipinski definition) is 2. The maximum absolute atomic E-state index is 12.4. The molecule has 0 bridgehead atoms. The molecule has 40 heavy (non-hydrogen) atoms. The van der Waals surface area contributed by atoms with Crippen LogP contribution in [0.3, 0.4) is 0 Å². The number of nitrogens with zero attached hydrogens (tertiary/aromatic N) is 3. The number of benzene rings is 2. The fraction of sp³-hybridized carbons (Fsp3) is 0.281. The van der Waals surface area contributed by atoms with Crippen LogP contribution in [0.2, 0.25) is 0 Å². The van der Waals surface area contributed by atoms with E-state index in [9.17, 15) is 4.79 Å². The number of aryl methyl sites for hydroxylation is 2. The lowest BCUT2D eigenvalue weighted by Gasteiger charge is -2.29. The molecule has 2 atom stereocenters. The molecule has 4 aromatic rings. The highest BCUT2D eigenvalue weighted by molar-refractivity contribution is 7.80. The number of amides is 1. The van der Waals surface area contributed by atoms with Crippen molar-refractivity contribution in [1.82, 2.24) is 14.9 Å². The molecule has 5 rings (SSSR count). The molecule has 3 heterocycles. The number of carbonyl (C=O) groups is 1. The molecule has 2 N–H and O–H groups in total. The van der Waals surface area contributed by atoms with E-state index in [0.717, 1.165) is 51.0 Å². The van der Waals surface area contributed by atoms with Gasteiger partial charge in [-0.3, -0.25) is 9.78 Å². The lowest BCUT2D eigenvalue weighted by atomic mass is 9.96. The lowest BCUT2D eigenvalue weighted by molar-refractivity contribution is -0.118. The van der Waals surface area contributed by atoms with Crippen molar-refractivity contribution in [3.8, 4) is 11.4 Å². The van der Waals surface area contributed by atoms with Crippen LogP contribution in [-0.2, 0) is 4.79 Å². The number of methoxy groups -OCH3 is 1. The van der Waals surface area contributed by atoms with Gasteiger partial charge in [-0.1, -0.05) is 19.9 Å². The maximum atomic E-state index is 12.4. The Morgan fingerprint density at radius 1 is 1.02 bits per heavy atom. The summed E-state index contributed by atoms with van der Waals surface area (Å²) in [6, 6.07) is 22.1. The fourth-order valence-electron chi connectivity index (χ4n) is 5.38. The van der Waals surface area contributed by atoms with Gasteiger partial charge in [-0.05, 0) is 105 Å². The van der Waals surface area contributed by atoms with Crippen molar-refractivity contribution >= 4 is 34.6 Å². The van der Waals surface area contributed by atoms with Crippen LogP contribution in [0.25, 0.3) is 5.69 Å². The van der Waals surface area contributed by atoms with Crippen LogP contribution in [0, 0.1) is 26.7 Å². The molecule has 1 saturated heterocycles. The highest BCUT2D eigenvalue weighted by Gasteiger charge is 2.42. The number of carbonyl (C=O) groups excluding carboxylic acids is 1. The van der Waals surface area contributed by atoms with Crippen LogP contribution in [0.5, 0.6) is 5.75 Å². The van der Waals surface area contributed by atoms with Gasteiger partial charge in [0.2, 0.25) is 5.91 Å². The number of aromatic nitrogens is 2. The zero-order valence-electron chi connectivity index (χ0n) is 23.7. The predicted octanol–water partition coefficient (Wildman–Crippen LogP) is 6.58. The number of rotatable bonds is 7. The summed E-state index contributed by atoms with van der Waals surface area (Å²) in [6.45, 7) is 10.1. The van der Waals surface area contributed by atoms with Gasteiger partial charge in [0.15, 0.2) is 5.11 Å². The third kappa shape index (κ3) is 5.07. The van der Waals surface area contributed by atoms with Crippen LogP contribution in [0.15, 0.2) is 72.9 Å². The lowest BCUT2D eigenvalue weighted by Crippen LogP contribution is -2.29. The Labute approximate surface area is 241 Å². The number of nitrogens with one attached hydrogen (secondary N) is 2. The molecular formula is C32H35N5O2S. The van der Waals surface area contributed by atoms with E-state index in [0.29, 0.717) is 5.11 Å². The molecule has 8 heteroatoms. The molecule has 1 aliphatic rings. The van der Waals surface area contributed by atoms with Crippen molar-refractivity contribution in [3.05, 3.63) is 101 Å². The normalized spacial score (nSPS) is 16.8. The fourth-order valence-corrected chi connectivity index (χ4v) is 5.73. The zero-order valence-corrected chi connectivity index (χ0v) is 24.5. The molecule has 206 valence electrons. The van der Waals surface area contributed by atoms with E-state index in [1.54, 1.807) is 7.11 Å². The SMILES string of the molecule is COc1ccc(-n2c(C)cc([C@@H]3[C@H](c4ccccn4)NC(=S)N3c3ccc(NC(=O)C(C)C)c(C)c3)c2C)cc1. The summed E-state index contributed by atoms with van der Waals surface area (Å²) in [5.74, 6) is 0.716. The molecule has 1 fully saturated rings. The number of thiocarbonyl (C=S) groups is 1. The summed E-state index contributed by atoms with van der Waals surface area (Å²) in [4.78, 5) is 19.2. The summed E-state index contributed by atoms with van der Waals surface area (Å²) in [5.41, 5.74) is 8.12. The number of anilines is 2. The first kappa shape index (κ1) is 27.4. The second kappa shape index (κ2) is 11.1. The minimum Gasteiger partial charge on any atom is -0.497 e. The van der Waals surface area contributed by atoms with E-state index >= 15 is 0 Å². The van der Waals surface area contributed by atoms with E-state index in [4.69, 9.17) is 21.9 Å². The monoisotopic (exact) mass is 553 g/mol. The second-order valence-electron chi connectivity index (χ2n) is 10.5. The first-order chi connectivity index (χ1) is 19.2. The highest BCUT2D eigenvalue weighted by Crippen LogP contribution is 2.44. The summed E-state index contributed by atoms with van der Waals surface area (Å²) in [6.07, 6.45) is 1.82. The molecule has 0 saturated carbocycles. The Bertz CT molecular complexity index is 1550. The Balaban J connectivity index is 1.60. The maximum Gasteiger partial charge on any atom is 0.226 e. The molecule has 0 radical (unpaired) electrons. The van der Waals surface area contributed by atoms with E-state index in [1.807, 2.05) is 69.4 Å². The molecule has 1 aliphatic heterocycles. The summed E-state index contributed by atoms with van der Waals surface area (Å²) < 4.78 is 7.64. The van der Waals surface area contributed by atoms with Gasteiger partial charge in [-0.2, -0.15) is 0 Å². The highest BCUT2D eigenvalue weighted by atomic mass is 32.1. The largest absolute Gasteiger partial charge is 0.497 e. The van der Waals surface area contributed by atoms with E-state index in [2.05, 4.69) is 58.2 Å². The minimum absolute atomic E-state index is 0.00623. The average Bonchev–Trinajstić information content (AvgIpc) is 3.44. The average molecular weight is 554 g/mol. The Kier molecular flexibility index (Phi) is 7.63. The molecule has 0 aliphatic carbocycles. The van der Waals surface area contributed by atoms with Gasteiger partial charge in [0, 0.05) is 40.6 Å². The Hall–Kier alpha value is -4.17. The van der Waals surface area contributed by atoms with Gasteiger partial charge < -0.3 is 24.8 Å². The van der Waals surface area contributed by atoms with Gasteiger partial charge in [0.05, 0.1) is 24.9 Å². The first-order valence-corrected chi connectivity index (χ1v) is 13.9. The van der Waals surface area contributed by atoms with Crippen LogP contribution in [0.4, 0.5) is 11.4 Å². The van der Waals surface area contributed by atoms with Gasteiger partial charge in [0.25, 0.3) is 0 Å². The Morgan fingerprint density at radius 2 is 1.75 bits per heavy atom. The van der Waals surface area contributed by atoms with Crippen LogP contribution >= 0.6 is 12.2 Å². The third-order valence-corrected chi connectivity index (χ3v) is 7.80. The quantitative estimate of drug-likeness (QED) is 0.252. The molecule has 2 aromatic carbocycles. The zero-order chi connectivity index (χ0) is 28.6. The molecular weight excluding hydrogens is 518 g/mol. The van der Waals surface area contributed by atoms with Crippen molar-refractivity contribution in [1.29, 1.82) is 0 Å². The van der Waals surface area contributed by atoms with Crippen molar-refractivity contribution in [2.75, 3.05) is 17.3 Å². The molecule has 1 amide bonds. The number of pyridine rings is 1. The molecule has 2 aromatic heterocycles. The van der Waals surface area contributed by atoms with Crippen molar-refractivity contribution in [2.45, 2.75) is 46.7 Å². The number of hydrogen-bond acceptors (Lipinski definition) is 4. The van der Waals surface area contributed by atoms with Crippen molar-refractivity contribution in [3.63, 3.8) is 0 Å². The number of ether oxygens (including phenoxy) is 1. The summed E-state index contributed by atoms with van der Waals surface area (Å²) >= 11 is 5.96. The first-order valence-electron chi connectivity index (χ1n) is 13.4. The van der Waals surface area contributed by atoms with Crippen LogP contribution in [0.1, 0.15) is 54.1 Å². The topological polar surface area (TPSA) is 71.4 Å². The Morgan fingerprint density at radius 3 is 2.38 bits per heavy atom. The van der Waals surface area contributed by atoms with Crippen LogP contribution in [-0.4, -0.2) is 27.7 Å². The second-order valence-corrected chi connectivity index (χ2v) is 10.9. The predicted molar refractivity (Wildman–Crippen MR) is 164 cm³/mol. The van der Waals surface area contributed by atoms with E-state index < -0.39 is 0 Å². The summed E-state index contributed by atoms with van der Waals surface area (Å²) in [7, 11) is 1.67. The van der Waals surface area contributed by atoms with Gasteiger partial charge >= 0.3 is 0 Å². The van der Waals surface area contributed by atoms with E-state index in [-0.39, 0.29) is 23.9 Å². The standard InChI is InChI=1S/C32H35N5O2S/c1-19(2)31(38)34-27-15-12-24(17-20(27)3)37-30(29(35-32(37)40)28-9-7-8-16-33-28)26-18-21(4)36(22(26)5)23-10-13-25(39-6)14-11-23/h7-19,29-30H,1-6H3,(H,34,38)(H,35,40)/t29-,30+/m0/s1. The van der Waals surface area contributed by atoms with Crippen molar-refractivity contribution < 1.29 is 9.53 Å². The van der Waals surface area contributed by atoms with Gasteiger partial charge in [0.1, 0.15) is 5.75 Å². The minimum atomic E-state index is -0.154. The molecule has 0 unspecified atom stereocenters. The van der Waals surface area contributed by atoms with Gasteiger partial charge in [-0.25, -0.2) is 0 Å². The summed E-state index contributed by atoms with van der Waals surface area (Å²) in [5, 5.41) is 7.23. The van der Waals surface area contributed by atoms with Crippen molar-refractivity contribution in [2.24, 2.45) is 5.92 Å².